The first-order valence-electron chi connectivity index (χ1n) is 6.35. The van der Waals surface area contributed by atoms with Gasteiger partial charge in [-0.25, -0.2) is 0 Å². The number of amides is 1. The molecule has 0 fully saturated rings. The van der Waals surface area contributed by atoms with E-state index in [4.69, 9.17) is 15.2 Å². The molecule has 19 heavy (non-hydrogen) atoms. The molecule has 0 saturated heterocycles. The molecule has 1 aromatic carbocycles. The van der Waals surface area contributed by atoms with Crippen LogP contribution in [0.15, 0.2) is 18.2 Å². The van der Waals surface area contributed by atoms with E-state index in [1.165, 1.54) is 0 Å². The van der Waals surface area contributed by atoms with Gasteiger partial charge in [-0.05, 0) is 30.5 Å². The highest BCUT2D eigenvalue weighted by Gasteiger charge is 2.04. The van der Waals surface area contributed by atoms with Gasteiger partial charge in [0.15, 0.2) is 0 Å². The fraction of sp³-hybridized carbons (Fsp3) is 0.500. The Morgan fingerprint density at radius 3 is 2.79 bits per heavy atom. The summed E-state index contributed by atoms with van der Waals surface area (Å²) >= 11 is 0. The van der Waals surface area contributed by atoms with Crippen LogP contribution in [-0.2, 0) is 16.0 Å². The molecule has 0 atom stereocenters. The van der Waals surface area contributed by atoms with Gasteiger partial charge >= 0.3 is 0 Å². The minimum Gasteiger partial charge on any atom is -0.495 e. The second kappa shape index (κ2) is 8.37. The van der Waals surface area contributed by atoms with Crippen LogP contribution in [0.2, 0.25) is 0 Å². The van der Waals surface area contributed by atoms with E-state index in [1.54, 1.807) is 14.2 Å². The molecule has 0 spiro atoms. The fourth-order valence-corrected chi connectivity index (χ4v) is 1.73. The third kappa shape index (κ3) is 5.61. The molecule has 1 rings (SSSR count). The van der Waals surface area contributed by atoms with E-state index < -0.39 is 0 Å². The molecule has 3 N–H and O–H groups in total. The van der Waals surface area contributed by atoms with E-state index in [0.29, 0.717) is 37.4 Å². The molecule has 0 unspecified atom stereocenters. The Hall–Kier alpha value is -1.75. The van der Waals surface area contributed by atoms with Crippen molar-refractivity contribution in [2.45, 2.75) is 19.3 Å². The van der Waals surface area contributed by atoms with Gasteiger partial charge < -0.3 is 20.5 Å². The fourth-order valence-electron chi connectivity index (χ4n) is 1.73. The van der Waals surface area contributed by atoms with Crippen LogP contribution in [0.4, 0.5) is 5.69 Å². The number of nitrogens with one attached hydrogen (secondary N) is 1. The Labute approximate surface area is 114 Å². The van der Waals surface area contributed by atoms with Gasteiger partial charge in [0.05, 0.1) is 12.8 Å². The van der Waals surface area contributed by atoms with Crippen LogP contribution in [0.25, 0.3) is 0 Å². The molecule has 0 aliphatic carbocycles. The highest BCUT2D eigenvalue weighted by molar-refractivity contribution is 5.76. The average Bonchev–Trinajstić information content (AvgIpc) is 2.41. The van der Waals surface area contributed by atoms with E-state index in [-0.39, 0.29) is 5.91 Å². The zero-order chi connectivity index (χ0) is 14.1. The zero-order valence-electron chi connectivity index (χ0n) is 11.6. The number of carbonyl (C=O) groups is 1. The van der Waals surface area contributed by atoms with Crippen LogP contribution in [0.1, 0.15) is 18.4 Å². The van der Waals surface area contributed by atoms with E-state index in [1.807, 2.05) is 18.2 Å². The lowest BCUT2D eigenvalue weighted by Gasteiger charge is -2.08. The molecular weight excluding hydrogens is 244 g/mol. The lowest BCUT2D eigenvalue weighted by atomic mass is 10.1. The minimum atomic E-state index is 0.0468. The van der Waals surface area contributed by atoms with Crippen molar-refractivity contribution in [2.75, 3.05) is 33.1 Å². The van der Waals surface area contributed by atoms with Crippen molar-refractivity contribution in [1.29, 1.82) is 0 Å². The van der Waals surface area contributed by atoms with Gasteiger partial charge in [0.25, 0.3) is 0 Å². The Kier molecular flexibility index (Phi) is 6.74. The summed E-state index contributed by atoms with van der Waals surface area (Å²) in [5.74, 6) is 0.707. The van der Waals surface area contributed by atoms with Crippen molar-refractivity contribution in [1.82, 2.24) is 5.32 Å². The predicted octanol–water partition coefficient (Wildman–Crippen LogP) is 1.36. The van der Waals surface area contributed by atoms with Gasteiger partial charge in [-0.2, -0.15) is 0 Å². The topological polar surface area (TPSA) is 73.6 Å². The maximum absolute atomic E-state index is 11.6. The largest absolute Gasteiger partial charge is 0.495 e. The van der Waals surface area contributed by atoms with E-state index in [9.17, 15) is 4.79 Å². The maximum atomic E-state index is 11.6. The smallest absolute Gasteiger partial charge is 0.220 e. The normalized spacial score (nSPS) is 10.2. The second-order valence-electron chi connectivity index (χ2n) is 4.27. The van der Waals surface area contributed by atoms with E-state index in [0.717, 1.165) is 12.0 Å². The quantitative estimate of drug-likeness (QED) is 0.550. The molecular formula is C14H22N2O3. The van der Waals surface area contributed by atoms with Gasteiger partial charge in [-0.15, -0.1) is 0 Å². The molecule has 0 saturated carbocycles. The number of nitrogens with two attached hydrogens (primary N) is 1. The van der Waals surface area contributed by atoms with Gasteiger partial charge in [-0.1, -0.05) is 6.07 Å². The first-order valence-corrected chi connectivity index (χ1v) is 6.35. The van der Waals surface area contributed by atoms with Crippen LogP contribution in [0.3, 0.4) is 0 Å². The molecule has 1 amide bonds. The number of nitrogen functional groups attached to an aromatic ring is 1. The van der Waals surface area contributed by atoms with Gasteiger partial charge in [-0.3, -0.25) is 4.79 Å². The molecule has 1 aromatic rings. The van der Waals surface area contributed by atoms with E-state index in [2.05, 4.69) is 5.32 Å². The summed E-state index contributed by atoms with van der Waals surface area (Å²) in [7, 11) is 3.23. The zero-order valence-corrected chi connectivity index (χ0v) is 11.6. The number of aryl methyl sites for hydroxylation is 1. The van der Waals surface area contributed by atoms with Gasteiger partial charge in [0, 0.05) is 26.7 Å². The van der Waals surface area contributed by atoms with Crippen LogP contribution >= 0.6 is 0 Å². The molecule has 5 nitrogen and oxygen atoms in total. The summed E-state index contributed by atoms with van der Waals surface area (Å²) in [6.45, 7) is 1.31. The first kappa shape index (κ1) is 15.3. The predicted molar refractivity (Wildman–Crippen MR) is 75.2 cm³/mol. The molecule has 0 aliphatic heterocycles. The summed E-state index contributed by atoms with van der Waals surface area (Å²) < 4.78 is 10.00. The minimum absolute atomic E-state index is 0.0468. The van der Waals surface area contributed by atoms with Crippen molar-refractivity contribution in [2.24, 2.45) is 0 Å². The van der Waals surface area contributed by atoms with Crippen LogP contribution in [0, 0.1) is 0 Å². The Balaban J connectivity index is 2.32. The number of hydrogen-bond acceptors (Lipinski definition) is 4. The molecule has 0 bridgehead atoms. The number of benzene rings is 1. The first-order chi connectivity index (χ1) is 9.17. The SMILES string of the molecule is COCCCNC(=O)CCc1ccc(OC)c(N)c1. The van der Waals surface area contributed by atoms with Crippen LogP contribution in [-0.4, -0.2) is 33.3 Å². The van der Waals surface area contributed by atoms with Crippen LogP contribution < -0.4 is 15.8 Å². The number of methoxy groups -OCH3 is 2. The van der Waals surface area contributed by atoms with E-state index >= 15 is 0 Å². The van der Waals surface area contributed by atoms with Gasteiger partial charge in [0.1, 0.15) is 5.75 Å². The Morgan fingerprint density at radius 1 is 1.37 bits per heavy atom. The highest BCUT2D eigenvalue weighted by Crippen LogP contribution is 2.22. The maximum Gasteiger partial charge on any atom is 0.220 e. The third-order valence-corrected chi connectivity index (χ3v) is 2.78. The monoisotopic (exact) mass is 266 g/mol. The Bertz CT molecular complexity index is 408. The standard InChI is InChI=1S/C14H22N2O3/c1-18-9-3-8-16-14(17)7-5-11-4-6-13(19-2)12(15)10-11/h4,6,10H,3,5,7-9,15H2,1-2H3,(H,16,17). The number of rotatable bonds is 8. The summed E-state index contributed by atoms with van der Waals surface area (Å²) in [6.07, 6.45) is 1.96. The number of carbonyl (C=O) groups excluding carboxylic acids is 1. The highest BCUT2D eigenvalue weighted by atomic mass is 16.5. The average molecular weight is 266 g/mol. The second-order valence-corrected chi connectivity index (χ2v) is 4.27. The third-order valence-electron chi connectivity index (χ3n) is 2.78. The van der Waals surface area contributed by atoms with Gasteiger partial charge in [0.2, 0.25) is 5.91 Å². The molecule has 0 heterocycles. The number of ether oxygens (including phenoxy) is 2. The van der Waals surface area contributed by atoms with Crippen molar-refractivity contribution >= 4 is 11.6 Å². The molecule has 0 aliphatic rings. The van der Waals surface area contributed by atoms with Crippen molar-refractivity contribution < 1.29 is 14.3 Å². The summed E-state index contributed by atoms with van der Waals surface area (Å²) in [5.41, 5.74) is 7.44. The molecule has 0 radical (unpaired) electrons. The summed E-state index contributed by atoms with van der Waals surface area (Å²) in [6, 6.07) is 5.59. The number of anilines is 1. The van der Waals surface area contributed by atoms with Crippen molar-refractivity contribution in [3.8, 4) is 5.75 Å². The summed E-state index contributed by atoms with van der Waals surface area (Å²) in [5, 5.41) is 2.85. The molecule has 106 valence electrons. The molecule has 0 aromatic heterocycles. The summed E-state index contributed by atoms with van der Waals surface area (Å²) in [4.78, 5) is 11.6. The lowest BCUT2D eigenvalue weighted by molar-refractivity contribution is -0.121. The van der Waals surface area contributed by atoms with Crippen molar-refractivity contribution in [3.63, 3.8) is 0 Å². The lowest BCUT2D eigenvalue weighted by Crippen LogP contribution is -2.25. The Morgan fingerprint density at radius 2 is 2.16 bits per heavy atom. The number of hydrogen-bond donors (Lipinski definition) is 2. The van der Waals surface area contributed by atoms with Crippen molar-refractivity contribution in [3.05, 3.63) is 23.8 Å². The van der Waals surface area contributed by atoms with Crippen LogP contribution in [0.5, 0.6) is 5.75 Å². The molecule has 5 heteroatoms.